The molecule has 26 heavy (non-hydrogen) atoms. The van der Waals surface area contributed by atoms with Crippen molar-refractivity contribution in [2.24, 2.45) is 0 Å². The number of ether oxygens (including phenoxy) is 2. The predicted octanol–water partition coefficient (Wildman–Crippen LogP) is 2.98. The van der Waals surface area contributed by atoms with Crippen molar-refractivity contribution in [3.05, 3.63) is 40.3 Å². The summed E-state index contributed by atoms with van der Waals surface area (Å²) in [4.78, 5) is 11.9. The first-order valence-electron chi connectivity index (χ1n) is 8.09. The number of alkyl halides is 3. The van der Waals surface area contributed by atoms with Gasteiger partial charge in [0.1, 0.15) is 5.75 Å². The third-order valence-electron chi connectivity index (χ3n) is 3.80. The molecule has 1 aliphatic heterocycles. The molecule has 1 fully saturated rings. The van der Waals surface area contributed by atoms with Crippen LogP contribution in [-0.2, 0) is 17.0 Å². The molecule has 0 aliphatic carbocycles. The Bertz CT molecular complexity index is 785. The molecule has 1 saturated heterocycles. The van der Waals surface area contributed by atoms with Crippen molar-refractivity contribution in [2.75, 3.05) is 13.2 Å². The van der Waals surface area contributed by atoms with E-state index in [9.17, 15) is 18.0 Å². The fourth-order valence-corrected chi connectivity index (χ4v) is 3.50. The fourth-order valence-electron chi connectivity index (χ4n) is 2.60. The first-order chi connectivity index (χ1) is 12.4. The molecule has 2 heterocycles. The molecule has 6 nitrogen and oxygen atoms in total. The van der Waals surface area contributed by atoms with Crippen molar-refractivity contribution >= 4 is 11.8 Å². The van der Waals surface area contributed by atoms with Gasteiger partial charge in [0.05, 0.1) is 12.6 Å². The van der Waals surface area contributed by atoms with E-state index in [0.717, 1.165) is 18.4 Å². The lowest BCUT2D eigenvalue weighted by Gasteiger charge is -2.11. The van der Waals surface area contributed by atoms with Gasteiger partial charge in [-0.15, -0.1) is 5.10 Å². The predicted molar refractivity (Wildman–Crippen MR) is 89.4 cm³/mol. The highest BCUT2D eigenvalue weighted by Gasteiger charge is 2.28. The first-order valence-corrected chi connectivity index (χ1v) is 9.07. The van der Waals surface area contributed by atoms with Crippen molar-refractivity contribution in [1.29, 1.82) is 0 Å². The quantitative estimate of drug-likeness (QED) is 0.738. The minimum atomic E-state index is -4.38. The second-order valence-corrected chi connectivity index (χ2v) is 6.84. The normalized spacial score (nSPS) is 17.6. The summed E-state index contributed by atoms with van der Waals surface area (Å²) in [5, 5.41) is 6.96. The van der Waals surface area contributed by atoms with Gasteiger partial charge >= 0.3 is 11.9 Å². The van der Waals surface area contributed by atoms with Gasteiger partial charge in [-0.05, 0) is 30.5 Å². The Balaban J connectivity index is 1.61. The molecule has 1 aromatic carbocycles. The van der Waals surface area contributed by atoms with Crippen LogP contribution in [-0.4, -0.2) is 40.3 Å². The Hall–Kier alpha value is -1.94. The molecule has 10 heteroatoms. The van der Waals surface area contributed by atoms with Crippen LogP contribution in [0.3, 0.4) is 0 Å². The van der Waals surface area contributed by atoms with Crippen molar-refractivity contribution in [3.8, 4) is 5.75 Å². The molecule has 1 aromatic heterocycles. The van der Waals surface area contributed by atoms with E-state index in [4.69, 9.17) is 9.47 Å². The van der Waals surface area contributed by atoms with E-state index in [1.807, 2.05) is 0 Å². The van der Waals surface area contributed by atoms with E-state index in [1.54, 1.807) is 18.2 Å². The van der Waals surface area contributed by atoms with E-state index >= 15 is 0 Å². The lowest BCUT2D eigenvalue weighted by atomic mass is 10.2. The van der Waals surface area contributed by atoms with Gasteiger partial charge in [0, 0.05) is 12.4 Å². The monoisotopic (exact) mass is 389 g/mol. The van der Waals surface area contributed by atoms with Gasteiger partial charge in [0.25, 0.3) is 0 Å². The van der Waals surface area contributed by atoms with Crippen LogP contribution in [0.15, 0.2) is 34.2 Å². The zero-order valence-electron chi connectivity index (χ0n) is 13.8. The summed E-state index contributed by atoms with van der Waals surface area (Å²) in [6.07, 6.45) is -2.49. The molecular formula is C16H18F3N3O3S. The Labute approximate surface area is 151 Å². The molecule has 0 spiro atoms. The van der Waals surface area contributed by atoms with E-state index < -0.39 is 12.8 Å². The Morgan fingerprint density at radius 1 is 1.42 bits per heavy atom. The largest absolute Gasteiger partial charge is 0.484 e. The van der Waals surface area contributed by atoms with Crippen LogP contribution >= 0.6 is 11.8 Å². The summed E-state index contributed by atoms with van der Waals surface area (Å²) in [6.45, 7) is -0.194. The lowest BCUT2D eigenvalue weighted by Crippen LogP contribution is -2.24. The molecule has 1 aliphatic rings. The molecule has 0 bridgehead atoms. The second-order valence-electron chi connectivity index (χ2n) is 5.90. The van der Waals surface area contributed by atoms with E-state index in [0.29, 0.717) is 24.1 Å². The minimum absolute atomic E-state index is 0.00347. The standard InChI is InChI=1S/C16H18F3N3O3S/c17-16(18,19)10-25-12-4-1-3-11(7-12)9-26-15-21-20-14(23)22(15)8-13-5-2-6-24-13/h1,3-4,7,13H,2,5-6,8-10H2,(H,20,23)/t13-/m1/s1. The average molecular weight is 389 g/mol. The number of aromatic nitrogens is 3. The summed E-state index contributed by atoms with van der Waals surface area (Å²) >= 11 is 1.32. The summed E-state index contributed by atoms with van der Waals surface area (Å²) in [5.74, 6) is 0.596. The number of thioether (sulfide) groups is 1. The number of benzene rings is 1. The van der Waals surface area contributed by atoms with Gasteiger partial charge in [-0.25, -0.2) is 9.89 Å². The maximum atomic E-state index is 12.2. The summed E-state index contributed by atoms with van der Waals surface area (Å²) < 4.78 is 48.6. The van der Waals surface area contributed by atoms with E-state index in [1.165, 1.54) is 22.4 Å². The van der Waals surface area contributed by atoms with Gasteiger partial charge in [0.15, 0.2) is 11.8 Å². The molecule has 0 radical (unpaired) electrons. The number of rotatable bonds is 7. The number of hydrogen-bond acceptors (Lipinski definition) is 5. The molecule has 142 valence electrons. The highest BCUT2D eigenvalue weighted by molar-refractivity contribution is 7.98. The van der Waals surface area contributed by atoms with Crippen LogP contribution in [0.2, 0.25) is 0 Å². The molecule has 1 atom stereocenters. The molecule has 0 saturated carbocycles. The number of hydrogen-bond donors (Lipinski definition) is 1. The Kier molecular flexibility index (Phi) is 5.92. The SMILES string of the molecule is O=c1[nH]nc(SCc2cccc(OCC(F)(F)F)c2)n1C[C@H]1CCCO1. The first kappa shape index (κ1) is 18.8. The second kappa shape index (κ2) is 8.17. The summed E-state index contributed by atoms with van der Waals surface area (Å²) in [5.41, 5.74) is 0.471. The number of aromatic amines is 1. The third-order valence-corrected chi connectivity index (χ3v) is 4.85. The number of halogens is 3. The molecule has 2 aromatic rings. The zero-order chi connectivity index (χ0) is 18.6. The van der Waals surface area contributed by atoms with Gasteiger partial charge in [0.2, 0.25) is 0 Å². The van der Waals surface area contributed by atoms with Crippen LogP contribution in [0.25, 0.3) is 0 Å². The number of H-pyrrole nitrogens is 1. The van der Waals surface area contributed by atoms with Gasteiger partial charge in [-0.1, -0.05) is 23.9 Å². The average Bonchev–Trinajstić information content (AvgIpc) is 3.23. The molecule has 1 N–H and O–H groups in total. The Morgan fingerprint density at radius 3 is 3.00 bits per heavy atom. The highest BCUT2D eigenvalue weighted by atomic mass is 32.2. The minimum Gasteiger partial charge on any atom is -0.484 e. The van der Waals surface area contributed by atoms with E-state index in [2.05, 4.69) is 10.2 Å². The van der Waals surface area contributed by atoms with E-state index in [-0.39, 0.29) is 17.5 Å². The van der Waals surface area contributed by atoms with Crippen LogP contribution in [0.1, 0.15) is 18.4 Å². The molecular weight excluding hydrogens is 371 g/mol. The van der Waals surface area contributed by atoms with Crippen LogP contribution in [0.4, 0.5) is 13.2 Å². The smallest absolute Gasteiger partial charge is 0.422 e. The molecule has 0 unspecified atom stereocenters. The number of nitrogens with one attached hydrogen (secondary N) is 1. The van der Waals surface area contributed by atoms with Crippen LogP contribution in [0.5, 0.6) is 5.75 Å². The zero-order valence-corrected chi connectivity index (χ0v) is 14.6. The number of nitrogens with zero attached hydrogens (tertiary/aromatic N) is 2. The molecule has 3 rings (SSSR count). The third kappa shape index (κ3) is 5.28. The van der Waals surface area contributed by atoms with Gasteiger partial charge in [-0.3, -0.25) is 4.57 Å². The van der Waals surface area contributed by atoms with Gasteiger partial charge < -0.3 is 9.47 Å². The lowest BCUT2D eigenvalue weighted by molar-refractivity contribution is -0.153. The van der Waals surface area contributed by atoms with Crippen molar-refractivity contribution < 1.29 is 22.6 Å². The van der Waals surface area contributed by atoms with Gasteiger partial charge in [-0.2, -0.15) is 13.2 Å². The topological polar surface area (TPSA) is 69.1 Å². The van der Waals surface area contributed by atoms with Crippen molar-refractivity contribution in [1.82, 2.24) is 14.8 Å². The fraction of sp³-hybridized carbons (Fsp3) is 0.500. The van der Waals surface area contributed by atoms with Crippen LogP contribution < -0.4 is 10.4 Å². The Morgan fingerprint density at radius 2 is 2.27 bits per heavy atom. The highest BCUT2D eigenvalue weighted by Crippen LogP contribution is 2.25. The van der Waals surface area contributed by atoms with Crippen molar-refractivity contribution in [2.45, 2.75) is 42.6 Å². The van der Waals surface area contributed by atoms with Crippen molar-refractivity contribution in [3.63, 3.8) is 0 Å². The summed E-state index contributed by atoms with van der Waals surface area (Å²) in [7, 11) is 0. The van der Waals surface area contributed by atoms with Crippen LogP contribution in [0, 0.1) is 0 Å². The molecule has 0 amide bonds. The maximum absolute atomic E-state index is 12.2. The summed E-state index contributed by atoms with van der Waals surface area (Å²) in [6, 6.07) is 6.43. The maximum Gasteiger partial charge on any atom is 0.422 e.